The first-order valence-electron chi connectivity index (χ1n) is 29.8. The Kier molecular flexibility index (Phi) is 54.5. The number of esters is 1. The molecule has 0 bridgehead atoms. The number of amides is 1. The smallest absolute Gasteiger partial charge is 0.305 e. The standard InChI is InChI=1S/C59H117NO5/c1-3-5-7-9-11-13-15-33-37-41-45-49-53-59(64)65-54-50-46-42-38-34-30-28-26-24-22-20-18-16-17-19-21-23-25-27-29-32-36-40-44-48-52-58(63)60-56(55-61)57(62)51-47-43-39-35-31-14-12-10-8-6-4-2/h56-57,61-62H,3-55H2,1-2H3,(H,60,63). The first-order valence-corrected chi connectivity index (χ1v) is 29.8. The first kappa shape index (κ1) is 63.9. The Morgan fingerprint density at radius 3 is 0.938 bits per heavy atom. The number of rotatable bonds is 56. The van der Waals surface area contributed by atoms with Crippen LogP contribution in [0.15, 0.2) is 0 Å². The highest BCUT2D eigenvalue weighted by molar-refractivity contribution is 5.76. The summed E-state index contributed by atoms with van der Waals surface area (Å²) in [6, 6.07) is -0.537. The van der Waals surface area contributed by atoms with E-state index in [4.69, 9.17) is 4.74 Å². The van der Waals surface area contributed by atoms with E-state index in [0.29, 0.717) is 25.9 Å². The van der Waals surface area contributed by atoms with E-state index < -0.39 is 12.1 Å². The van der Waals surface area contributed by atoms with Crippen molar-refractivity contribution in [3.8, 4) is 0 Å². The molecule has 0 fully saturated rings. The lowest BCUT2D eigenvalue weighted by atomic mass is 10.0. The minimum absolute atomic E-state index is 0.0177. The van der Waals surface area contributed by atoms with Crippen LogP contribution in [0.4, 0.5) is 0 Å². The van der Waals surface area contributed by atoms with Crippen molar-refractivity contribution in [1.82, 2.24) is 5.32 Å². The molecule has 65 heavy (non-hydrogen) atoms. The SMILES string of the molecule is CCCCCCCCCCCCCCC(=O)OCCCCCCCCCCCCCCCCCCCCCCCCCCCC(=O)NC(CO)C(O)CCCCCCCCCCCCC. The Morgan fingerprint density at radius 2 is 0.631 bits per heavy atom. The second-order valence-corrected chi connectivity index (χ2v) is 20.7. The normalized spacial score (nSPS) is 12.5. The van der Waals surface area contributed by atoms with Crippen molar-refractivity contribution >= 4 is 11.9 Å². The van der Waals surface area contributed by atoms with Gasteiger partial charge in [-0.1, -0.05) is 303 Å². The van der Waals surface area contributed by atoms with Crippen molar-refractivity contribution in [2.24, 2.45) is 0 Å². The third-order valence-corrected chi connectivity index (χ3v) is 14.2. The fraction of sp³-hybridized carbons (Fsp3) is 0.966. The second kappa shape index (κ2) is 55.5. The number of unbranched alkanes of at least 4 members (excludes halogenated alkanes) is 45. The summed E-state index contributed by atoms with van der Waals surface area (Å²) in [4.78, 5) is 24.4. The van der Waals surface area contributed by atoms with Crippen LogP contribution in [0.3, 0.4) is 0 Å². The second-order valence-electron chi connectivity index (χ2n) is 20.7. The Bertz CT molecular complexity index is 928. The number of nitrogens with one attached hydrogen (secondary N) is 1. The van der Waals surface area contributed by atoms with Crippen LogP contribution in [0, 0.1) is 0 Å². The zero-order valence-corrected chi connectivity index (χ0v) is 44.3. The Hall–Kier alpha value is -1.14. The topological polar surface area (TPSA) is 95.9 Å². The number of ether oxygens (including phenoxy) is 1. The highest BCUT2D eigenvalue weighted by Gasteiger charge is 2.20. The number of hydrogen-bond donors (Lipinski definition) is 3. The van der Waals surface area contributed by atoms with Crippen molar-refractivity contribution in [3.05, 3.63) is 0 Å². The molecule has 0 aromatic carbocycles. The molecule has 0 saturated carbocycles. The van der Waals surface area contributed by atoms with Crippen LogP contribution in [0.2, 0.25) is 0 Å². The molecule has 3 N–H and O–H groups in total. The molecule has 0 spiro atoms. The molecule has 6 heteroatoms. The summed E-state index contributed by atoms with van der Waals surface area (Å²) < 4.78 is 5.47. The van der Waals surface area contributed by atoms with Crippen molar-refractivity contribution in [1.29, 1.82) is 0 Å². The average Bonchev–Trinajstić information content (AvgIpc) is 3.31. The van der Waals surface area contributed by atoms with E-state index in [9.17, 15) is 19.8 Å². The number of hydrogen-bond acceptors (Lipinski definition) is 5. The Labute approximate surface area is 406 Å². The number of carbonyl (C=O) groups is 2. The van der Waals surface area contributed by atoms with Gasteiger partial charge in [-0.3, -0.25) is 9.59 Å². The van der Waals surface area contributed by atoms with Gasteiger partial charge in [0.1, 0.15) is 0 Å². The van der Waals surface area contributed by atoms with Gasteiger partial charge in [0, 0.05) is 12.8 Å². The van der Waals surface area contributed by atoms with Crippen LogP contribution in [-0.4, -0.2) is 47.4 Å². The zero-order valence-electron chi connectivity index (χ0n) is 44.3. The highest BCUT2D eigenvalue weighted by Crippen LogP contribution is 2.18. The number of aliphatic hydroxyl groups excluding tert-OH is 2. The van der Waals surface area contributed by atoms with Gasteiger partial charge in [0.25, 0.3) is 0 Å². The summed E-state index contributed by atoms with van der Waals surface area (Å²) in [6.07, 6.45) is 64.0. The molecule has 2 atom stereocenters. The predicted molar refractivity (Wildman–Crippen MR) is 283 cm³/mol. The maximum Gasteiger partial charge on any atom is 0.305 e. The maximum absolute atomic E-state index is 12.4. The van der Waals surface area contributed by atoms with Crippen molar-refractivity contribution < 1.29 is 24.5 Å². The van der Waals surface area contributed by atoms with E-state index in [1.165, 1.54) is 270 Å². The van der Waals surface area contributed by atoms with Gasteiger partial charge in [0.15, 0.2) is 0 Å². The molecule has 388 valence electrons. The Balaban J connectivity index is 3.32. The van der Waals surface area contributed by atoms with Gasteiger partial charge in [-0.15, -0.1) is 0 Å². The van der Waals surface area contributed by atoms with Crippen LogP contribution in [0.1, 0.15) is 341 Å². The third-order valence-electron chi connectivity index (χ3n) is 14.2. The molecule has 0 aliphatic rings. The molecule has 0 aliphatic heterocycles. The molecule has 0 radical (unpaired) electrons. The summed E-state index contributed by atoms with van der Waals surface area (Å²) in [5, 5.41) is 23.2. The predicted octanol–water partition coefficient (Wildman–Crippen LogP) is 18.3. The fourth-order valence-corrected chi connectivity index (χ4v) is 9.58. The van der Waals surface area contributed by atoms with E-state index in [2.05, 4.69) is 19.2 Å². The molecular formula is C59H117NO5. The van der Waals surface area contributed by atoms with Crippen LogP contribution < -0.4 is 5.32 Å². The molecule has 2 unspecified atom stereocenters. The maximum atomic E-state index is 12.4. The van der Waals surface area contributed by atoms with Crippen molar-refractivity contribution in [3.63, 3.8) is 0 Å². The van der Waals surface area contributed by atoms with E-state index in [-0.39, 0.29) is 18.5 Å². The van der Waals surface area contributed by atoms with Crippen LogP contribution in [-0.2, 0) is 14.3 Å². The van der Waals surface area contributed by atoms with E-state index in [0.717, 1.165) is 38.5 Å². The van der Waals surface area contributed by atoms with Crippen molar-refractivity contribution in [2.75, 3.05) is 13.2 Å². The Morgan fingerprint density at radius 1 is 0.369 bits per heavy atom. The van der Waals surface area contributed by atoms with Gasteiger partial charge >= 0.3 is 5.97 Å². The van der Waals surface area contributed by atoms with Gasteiger partial charge in [0.05, 0.1) is 25.4 Å². The number of carbonyl (C=O) groups excluding carboxylic acids is 2. The molecule has 1 amide bonds. The van der Waals surface area contributed by atoms with E-state index >= 15 is 0 Å². The zero-order chi connectivity index (χ0) is 47.2. The van der Waals surface area contributed by atoms with Gasteiger partial charge < -0.3 is 20.3 Å². The first-order chi connectivity index (χ1) is 32.0. The molecule has 6 nitrogen and oxygen atoms in total. The van der Waals surface area contributed by atoms with Gasteiger partial charge in [-0.25, -0.2) is 0 Å². The minimum Gasteiger partial charge on any atom is -0.466 e. The lowest BCUT2D eigenvalue weighted by Crippen LogP contribution is -2.45. The van der Waals surface area contributed by atoms with Crippen LogP contribution in [0.5, 0.6) is 0 Å². The van der Waals surface area contributed by atoms with E-state index in [1.807, 2.05) is 0 Å². The summed E-state index contributed by atoms with van der Waals surface area (Å²) in [5.74, 6) is -0.0147. The molecule has 0 heterocycles. The molecule has 0 aliphatic carbocycles. The summed E-state index contributed by atoms with van der Waals surface area (Å²) in [6.45, 7) is 4.97. The summed E-state index contributed by atoms with van der Waals surface area (Å²) in [5.41, 5.74) is 0. The molecule has 0 saturated heterocycles. The van der Waals surface area contributed by atoms with Crippen molar-refractivity contribution in [2.45, 2.75) is 353 Å². The monoisotopic (exact) mass is 920 g/mol. The molecule has 0 aromatic rings. The van der Waals surface area contributed by atoms with Crippen LogP contribution >= 0.6 is 0 Å². The highest BCUT2D eigenvalue weighted by atomic mass is 16.5. The largest absolute Gasteiger partial charge is 0.466 e. The third kappa shape index (κ3) is 52.1. The molecule has 0 rings (SSSR count). The summed E-state index contributed by atoms with van der Waals surface area (Å²) in [7, 11) is 0. The van der Waals surface area contributed by atoms with Gasteiger partial charge in [0.2, 0.25) is 5.91 Å². The molecule has 0 aromatic heterocycles. The average molecular weight is 921 g/mol. The van der Waals surface area contributed by atoms with E-state index in [1.54, 1.807) is 0 Å². The number of aliphatic hydroxyl groups is 2. The fourth-order valence-electron chi connectivity index (χ4n) is 9.58. The van der Waals surface area contributed by atoms with Crippen LogP contribution in [0.25, 0.3) is 0 Å². The summed E-state index contributed by atoms with van der Waals surface area (Å²) >= 11 is 0. The lowest BCUT2D eigenvalue weighted by Gasteiger charge is -2.22. The van der Waals surface area contributed by atoms with Gasteiger partial charge in [-0.2, -0.15) is 0 Å². The minimum atomic E-state index is -0.660. The molecular weight excluding hydrogens is 803 g/mol. The quantitative estimate of drug-likeness (QED) is 0.0417. The lowest BCUT2D eigenvalue weighted by molar-refractivity contribution is -0.143. The van der Waals surface area contributed by atoms with Gasteiger partial charge in [-0.05, 0) is 25.7 Å².